The second-order valence-corrected chi connectivity index (χ2v) is 5.94. The Kier molecular flexibility index (Phi) is 3.50. The lowest BCUT2D eigenvalue weighted by molar-refractivity contribution is -0.0181. The second-order valence-electron chi connectivity index (χ2n) is 5.94. The van der Waals surface area contributed by atoms with Gasteiger partial charge in [-0.1, -0.05) is 18.2 Å². The molecule has 104 valence electrons. The number of hydrogen-bond acceptors (Lipinski definition) is 3. The largest absolute Gasteiger partial charge is 0.493 e. The van der Waals surface area contributed by atoms with Crippen molar-refractivity contribution in [2.75, 3.05) is 19.7 Å². The molecule has 0 radical (unpaired) electrons. The van der Waals surface area contributed by atoms with Crippen molar-refractivity contribution in [2.24, 2.45) is 5.92 Å². The fourth-order valence-corrected chi connectivity index (χ4v) is 3.34. The molecule has 3 rings (SSSR count). The lowest BCUT2D eigenvalue weighted by Gasteiger charge is -2.38. The van der Waals surface area contributed by atoms with E-state index in [2.05, 4.69) is 11.4 Å². The molecule has 2 aliphatic heterocycles. The molecule has 0 bridgehead atoms. The number of para-hydroxylation sites is 1. The zero-order chi connectivity index (χ0) is 13.3. The minimum atomic E-state index is -0.809. The molecule has 0 spiro atoms. The lowest BCUT2D eigenvalue weighted by atomic mass is 9.77. The van der Waals surface area contributed by atoms with Crippen molar-refractivity contribution in [1.29, 1.82) is 0 Å². The Morgan fingerprint density at radius 1 is 1.37 bits per heavy atom. The van der Waals surface area contributed by atoms with Crippen LogP contribution in [-0.2, 0) is 12.0 Å². The van der Waals surface area contributed by atoms with Crippen molar-refractivity contribution in [3.05, 3.63) is 29.3 Å². The molecule has 3 heteroatoms. The minimum Gasteiger partial charge on any atom is -0.493 e. The van der Waals surface area contributed by atoms with E-state index in [9.17, 15) is 5.11 Å². The number of piperidine rings is 1. The van der Waals surface area contributed by atoms with Gasteiger partial charge in [0, 0.05) is 18.0 Å². The predicted molar refractivity (Wildman–Crippen MR) is 75.4 cm³/mol. The van der Waals surface area contributed by atoms with Gasteiger partial charge in [-0.25, -0.2) is 0 Å². The van der Waals surface area contributed by atoms with E-state index in [-0.39, 0.29) is 5.92 Å². The number of ether oxygens (including phenoxy) is 1. The van der Waals surface area contributed by atoms with E-state index < -0.39 is 5.60 Å². The number of aryl methyl sites for hydroxylation is 1. The molecule has 0 aromatic heterocycles. The van der Waals surface area contributed by atoms with E-state index in [0.717, 1.165) is 56.7 Å². The summed E-state index contributed by atoms with van der Waals surface area (Å²) in [6.07, 6.45) is 4.34. The molecule has 0 amide bonds. The van der Waals surface area contributed by atoms with Gasteiger partial charge in [-0.2, -0.15) is 0 Å². The Morgan fingerprint density at radius 2 is 2.26 bits per heavy atom. The van der Waals surface area contributed by atoms with Crippen LogP contribution in [0.25, 0.3) is 0 Å². The Labute approximate surface area is 115 Å². The van der Waals surface area contributed by atoms with Gasteiger partial charge < -0.3 is 15.2 Å². The van der Waals surface area contributed by atoms with Crippen LogP contribution < -0.4 is 10.1 Å². The minimum absolute atomic E-state index is 0.262. The predicted octanol–water partition coefficient (Wildman–Crippen LogP) is 2.22. The van der Waals surface area contributed by atoms with E-state index in [1.165, 1.54) is 5.56 Å². The van der Waals surface area contributed by atoms with Crippen LogP contribution in [0.3, 0.4) is 0 Å². The number of fused-ring (bicyclic) bond motifs is 1. The number of nitrogens with one attached hydrogen (secondary N) is 1. The molecule has 2 unspecified atom stereocenters. The quantitative estimate of drug-likeness (QED) is 0.857. The Hall–Kier alpha value is -1.06. The Balaban J connectivity index is 1.95. The van der Waals surface area contributed by atoms with Crippen LogP contribution in [0.5, 0.6) is 5.75 Å². The summed E-state index contributed by atoms with van der Waals surface area (Å²) < 4.78 is 5.85. The fraction of sp³-hybridized carbons (Fsp3) is 0.625. The fourth-order valence-electron chi connectivity index (χ4n) is 3.34. The van der Waals surface area contributed by atoms with Gasteiger partial charge in [0.25, 0.3) is 0 Å². The molecule has 2 heterocycles. The van der Waals surface area contributed by atoms with Gasteiger partial charge in [0.15, 0.2) is 0 Å². The summed E-state index contributed by atoms with van der Waals surface area (Å²) in [4.78, 5) is 0. The summed E-state index contributed by atoms with van der Waals surface area (Å²) in [6.45, 7) is 4.66. The highest BCUT2D eigenvalue weighted by Gasteiger charge is 2.37. The topological polar surface area (TPSA) is 41.5 Å². The maximum atomic E-state index is 11.0. The van der Waals surface area contributed by atoms with Gasteiger partial charge in [-0.15, -0.1) is 0 Å². The van der Waals surface area contributed by atoms with Gasteiger partial charge in [-0.3, -0.25) is 0 Å². The number of benzene rings is 1. The van der Waals surface area contributed by atoms with Crippen LogP contribution in [0.4, 0.5) is 0 Å². The van der Waals surface area contributed by atoms with Crippen molar-refractivity contribution < 1.29 is 9.84 Å². The highest BCUT2D eigenvalue weighted by atomic mass is 16.5. The molecule has 0 saturated carbocycles. The van der Waals surface area contributed by atoms with Gasteiger partial charge in [-0.05, 0) is 44.7 Å². The average Bonchev–Trinajstić information content (AvgIpc) is 2.47. The summed E-state index contributed by atoms with van der Waals surface area (Å²) >= 11 is 0. The monoisotopic (exact) mass is 261 g/mol. The third-order valence-corrected chi connectivity index (χ3v) is 4.57. The standard InChI is InChI=1S/C16H23NO2/c1-16(18,13-7-3-9-17-11-13)14-8-2-5-12-6-4-10-19-15(12)14/h2,5,8,13,17-18H,3-4,6-7,9-11H2,1H3. The average molecular weight is 261 g/mol. The number of aliphatic hydroxyl groups is 1. The summed E-state index contributed by atoms with van der Waals surface area (Å²) in [5.74, 6) is 1.20. The van der Waals surface area contributed by atoms with Crippen molar-refractivity contribution in [3.63, 3.8) is 0 Å². The second kappa shape index (κ2) is 5.14. The van der Waals surface area contributed by atoms with Gasteiger partial charge in [0.05, 0.1) is 12.2 Å². The van der Waals surface area contributed by atoms with Crippen molar-refractivity contribution in [3.8, 4) is 5.75 Å². The summed E-state index contributed by atoms with van der Waals surface area (Å²) in [5, 5.41) is 14.4. The zero-order valence-corrected chi connectivity index (χ0v) is 11.6. The molecule has 2 atom stereocenters. The third kappa shape index (κ3) is 2.37. The normalized spacial score (nSPS) is 26.1. The molecule has 0 aliphatic carbocycles. The molecular weight excluding hydrogens is 238 g/mol. The molecule has 1 aromatic carbocycles. The molecule has 3 nitrogen and oxygen atoms in total. The molecule has 19 heavy (non-hydrogen) atoms. The smallest absolute Gasteiger partial charge is 0.128 e. The van der Waals surface area contributed by atoms with Crippen LogP contribution in [0.15, 0.2) is 18.2 Å². The molecule has 1 aromatic rings. The number of hydrogen-bond donors (Lipinski definition) is 2. The van der Waals surface area contributed by atoms with E-state index in [1.54, 1.807) is 0 Å². The van der Waals surface area contributed by atoms with Gasteiger partial charge >= 0.3 is 0 Å². The summed E-state index contributed by atoms with van der Waals surface area (Å²) in [5.41, 5.74) is 1.40. The van der Waals surface area contributed by atoms with Crippen molar-refractivity contribution in [2.45, 2.75) is 38.2 Å². The van der Waals surface area contributed by atoms with Crippen LogP contribution in [0, 0.1) is 5.92 Å². The number of rotatable bonds is 2. The molecule has 2 aliphatic rings. The summed E-state index contributed by atoms with van der Waals surface area (Å²) in [7, 11) is 0. The van der Waals surface area contributed by atoms with E-state index in [4.69, 9.17) is 4.74 Å². The van der Waals surface area contributed by atoms with Gasteiger partial charge in [0.2, 0.25) is 0 Å². The Morgan fingerprint density at radius 3 is 3.05 bits per heavy atom. The maximum absolute atomic E-state index is 11.0. The van der Waals surface area contributed by atoms with Crippen molar-refractivity contribution in [1.82, 2.24) is 5.32 Å². The van der Waals surface area contributed by atoms with Crippen LogP contribution in [0.2, 0.25) is 0 Å². The first-order chi connectivity index (χ1) is 9.19. The third-order valence-electron chi connectivity index (χ3n) is 4.57. The van der Waals surface area contributed by atoms with E-state index >= 15 is 0 Å². The first-order valence-corrected chi connectivity index (χ1v) is 7.38. The van der Waals surface area contributed by atoms with Crippen LogP contribution in [0.1, 0.15) is 37.3 Å². The molecule has 1 saturated heterocycles. The Bertz CT molecular complexity index is 450. The highest BCUT2D eigenvalue weighted by molar-refractivity contribution is 5.46. The molecule has 1 fully saturated rings. The highest BCUT2D eigenvalue weighted by Crippen LogP contribution is 2.41. The van der Waals surface area contributed by atoms with Crippen molar-refractivity contribution >= 4 is 0 Å². The van der Waals surface area contributed by atoms with E-state index in [1.807, 2.05) is 19.1 Å². The molecule has 2 N–H and O–H groups in total. The first kappa shape index (κ1) is 12.9. The molecular formula is C16H23NO2. The first-order valence-electron chi connectivity index (χ1n) is 7.38. The van der Waals surface area contributed by atoms with Crippen LogP contribution >= 0.6 is 0 Å². The van der Waals surface area contributed by atoms with E-state index in [0.29, 0.717) is 0 Å². The van der Waals surface area contributed by atoms with Gasteiger partial charge in [0.1, 0.15) is 5.75 Å². The maximum Gasteiger partial charge on any atom is 0.128 e. The lowest BCUT2D eigenvalue weighted by Crippen LogP contribution is -2.42. The summed E-state index contributed by atoms with van der Waals surface area (Å²) in [6, 6.07) is 6.19. The SMILES string of the molecule is CC(O)(c1cccc2c1OCCC2)C1CCCNC1. The van der Waals surface area contributed by atoms with Crippen LogP contribution in [-0.4, -0.2) is 24.8 Å². The zero-order valence-electron chi connectivity index (χ0n) is 11.6.